The Morgan fingerprint density at radius 3 is 2.63 bits per heavy atom. The van der Waals surface area contributed by atoms with Gasteiger partial charge in [0, 0.05) is 10.2 Å². The quantitative estimate of drug-likeness (QED) is 0.407. The van der Waals surface area contributed by atoms with Gasteiger partial charge in [0.05, 0.1) is 23.5 Å². The number of hydrogen-bond acceptors (Lipinski definition) is 4. The van der Waals surface area contributed by atoms with Crippen LogP contribution >= 0.6 is 22.6 Å². The predicted molar refractivity (Wildman–Crippen MR) is 101 cm³/mol. The smallest absolute Gasteiger partial charge is 0.277 e. The van der Waals surface area contributed by atoms with Crippen molar-refractivity contribution in [3.63, 3.8) is 0 Å². The highest BCUT2D eigenvalue weighted by molar-refractivity contribution is 14.1. The molecule has 1 fully saturated rings. The van der Waals surface area contributed by atoms with E-state index in [4.69, 9.17) is 9.94 Å². The molecule has 1 saturated carbocycles. The zero-order chi connectivity index (χ0) is 19.6. The first kappa shape index (κ1) is 19.9. The number of anilines is 2. The first-order valence-corrected chi connectivity index (χ1v) is 9.21. The van der Waals surface area contributed by atoms with E-state index < -0.39 is 29.0 Å². The maximum atomic E-state index is 14.3. The molecular weight excluding hydrogens is 476 g/mol. The van der Waals surface area contributed by atoms with Crippen molar-refractivity contribution in [1.29, 1.82) is 0 Å². The fourth-order valence-corrected chi connectivity index (χ4v) is 3.05. The lowest BCUT2D eigenvalue weighted by atomic mass is 10.1. The molecule has 0 spiro atoms. The molecule has 27 heavy (non-hydrogen) atoms. The molecule has 0 radical (unpaired) electrons. The second-order valence-corrected chi connectivity index (χ2v) is 7.46. The first-order valence-electron chi connectivity index (χ1n) is 8.13. The van der Waals surface area contributed by atoms with Crippen molar-refractivity contribution in [3.05, 3.63) is 56.9 Å². The molecule has 3 N–H and O–H groups in total. The van der Waals surface area contributed by atoms with Crippen LogP contribution in [0.3, 0.4) is 0 Å². The van der Waals surface area contributed by atoms with E-state index >= 15 is 0 Å². The van der Waals surface area contributed by atoms with Crippen LogP contribution in [-0.2, 0) is 4.84 Å². The molecule has 1 amide bonds. The third kappa shape index (κ3) is 4.71. The molecule has 0 heterocycles. The van der Waals surface area contributed by atoms with Crippen LogP contribution in [0, 0.1) is 32.9 Å². The van der Waals surface area contributed by atoms with Gasteiger partial charge < -0.3 is 10.4 Å². The molecule has 2 atom stereocenters. The zero-order valence-electron chi connectivity index (χ0n) is 13.9. The Hall–Kier alpha value is -1.85. The zero-order valence-corrected chi connectivity index (χ0v) is 16.1. The van der Waals surface area contributed by atoms with Gasteiger partial charge in [0.1, 0.15) is 5.82 Å². The maximum Gasteiger partial charge on any atom is 0.277 e. The standard InChI is InChI=1S/C18H16F3IN2O3/c19-13-3-2-12(18(26)24-27-8-10-5-9(10)7-25)17(16(13)21)23-15-4-1-11(22)6-14(15)20/h1-4,6,9-10,23,25H,5,7-8H2,(H,24,26)/t9-,10-/m0/s1. The Labute approximate surface area is 167 Å². The molecule has 144 valence electrons. The lowest BCUT2D eigenvalue weighted by Crippen LogP contribution is -2.26. The monoisotopic (exact) mass is 492 g/mol. The van der Waals surface area contributed by atoms with E-state index in [1.54, 1.807) is 6.07 Å². The van der Waals surface area contributed by atoms with Gasteiger partial charge in [0.15, 0.2) is 11.6 Å². The van der Waals surface area contributed by atoms with Crippen molar-refractivity contribution in [2.75, 3.05) is 18.5 Å². The van der Waals surface area contributed by atoms with Gasteiger partial charge in [-0.15, -0.1) is 0 Å². The lowest BCUT2D eigenvalue weighted by molar-refractivity contribution is 0.0248. The van der Waals surface area contributed by atoms with Gasteiger partial charge in [-0.3, -0.25) is 9.63 Å². The molecule has 1 aliphatic carbocycles. The van der Waals surface area contributed by atoms with Crippen LogP contribution in [0.25, 0.3) is 0 Å². The number of carbonyl (C=O) groups is 1. The number of aliphatic hydroxyl groups is 1. The van der Waals surface area contributed by atoms with Crippen LogP contribution in [0.5, 0.6) is 0 Å². The molecule has 0 unspecified atom stereocenters. The van der Waals surface area contributed by atoms with Crippen LogP contribution in [0.4, 0.5) is 24.5 Å². The van der Waals surface area contributed by atoms with E-state index in [0.717, 1.165) is 18.6 Å². The number of nitrogens with one attached hydrogen (secondary N) is 2. The van der Waals surface area contributed by atoms with Crippen LogP contribution in [-0.4, -0.2) is 24.2 Å². The minimum atomic E-state index is -1.30. The highest BCUT2D eigenvalue weighted by Gasteiger charge is 2.36. The molecule has 9 heteroatoms. The molecule has 5 nitrogen and oxygen atoms in total. The second-order valence-electron chi connectivity index (χ2n) is 6.21. The van der Waals surface area contributed by atoms with E-state index in [2.05, 4.69) is 10.8 Å². The predicted octanol–water partition coefficient (Wildman–Crippen LogP) is 3.74. The number of carbonyl (C=O) groups excluding carboxylic acids is 1. The van der Waals surface area contributed by atoms with E-state index in [1.807, 2.05) is 22.6 Å². The Kier molecular flexibility index (Phi) is 6.22. The van der Waals surface area contributed by atoms with E-state index in [1.165, 1.54) is 12.1 Å². The topological polar surface area (TPSA) is 70.6 Å². The molecule has 0 bridgehead atoms. The minimum absolute atomic E-state index is 0.0563. The number of hydrogen-bond donors (Lipinski definition) is 3. The highest BCUT2D eigenvalue weighted by Crippen LogP contribution is 2.37. The largest absolute Gasteiger partial charge is 0.396 e. The van der Waals surface area contributed by atoms with E-state index in [-0.39, 0.29) is 36.3 Å². The summed E-state index contributed by atoms with van der Waals surface area (Å²) in [5, 5.41) is 11.4. The van der Waals surface area contributed by atoms with Crippen molar-refractivity contribution >= 4 is 39.9 Å². The molecule has 0 saturated heterocycles. The van der Waals surface area contributed by atoms with E-state index in [9.17, 15) is 18.0 Å². The van der Waals surface area contributed by atoms with Gasteiger partial charge in [-0.2, -0.15) is 0 Å². The normalized spacial score (nSPS) is 18.3. The van der Waals surface area contributed by atoms with Gasteiger partial charge in [-0.1, -0.05) is 0 Å². The Balaban J connectivity index is 1.76. The van der Waals surface area contributed by atoms with Crippen molar-refractivity contribution < 1.29 is 27.9 Å². The number of amides is 1. The minimum Gasteiger partial charge on any atom is -0.396 e. The Morgan fingerprint density at radius 1 is 1.19 bits per heavy atom. The van der Waals surface area contributed by atoms with Crippen molar-refractivity contribution in [2.24, 2.45) is 11.8 Å². The fraction of sp³-hybridized carbons (Fsp3) is 0.278. The van der Waals surface area contributed by atoms with Gasteiger partial charge in [0.25, 0.3) is 5.91 Å². The van der Waals surface area contributed by atoms with Gasteiger partial charge in [0.2, 0.25) is 0 Å². The summed E-state index contributed by atoms with van der Waals surface area (Å²) in [6.45, 7) is 0.260. The molecule has 3 rings (SSSR count). The van der Waals surface area contributed by atoms with Crippen molar-refractivity contribution in [2.45, 2.75) is 6.42 Å². The van der Waals surface area contributed by atoms with Crippen molar-refractivity contribution in [3.8, 4) is 0 Å². The second kappa shape index (κ2) is 8.44. The van der Waals surface area contributed by atoms with Gasteiger partial charge in [-0.25, -0.2) is 18.7 Å². The summed E-state index contributed by atoms with van der Waals surface area (Å²) in [5.41, 5.74) is 1.34. The summed E-state index contributed by atoms with van der Waals surface area (Å²) in [7, 11) is 0. The van der Waals surface area contributed by atoms with Crippen LogP contribution in [0.2, 0.25) is 0 Å². The summed E-state index contributed by atoms with van der Waals surface area (Å²) in [4.78, 5) is 17.4. The van der Waals surface area contributed by atoms with Crippen LogP contribution < -0.4 is 10.8 Å². The number of aliphatic hydroxyl groups excluding tert-OH is 1. The Bertz CT molecular complexity index is 866. The summed E-state index contributed by atoms with van der Waals surface area (Å²) >= 11 is 1.91. The summed E-state index contributed by atoms with van der Waals surface area (Å²) in [5.74, 6) is -3.64. The third-order valence-corrected chi connectivity index (χ3v) is 4.97. The molecule has 2 aromatic carbocycles. The van der Waals surface area contributed by atoms with Crippen molar-refractivity contribution in [1.82, 2.24) is 5.48 Å². The maximum absolute atomic E-state index is 14.3. The average Bonchev–Trinajstić information content (AvgIpc) is 3.39. The van der Waals surface area contributed by atoms with E-state index in [0.29, 0.717) is 3.57 Å². The summed E-state index contributed by atoms with van der Waals surface area (Å²) in [6.07, 6.45) is 0.802. The molecule has 0 aromatic heterocycles. The third-order valence-electron chi connectivity index (χ3n) is 4.30. The number of halogens is 4. The summed E-state index contributed by atoms with van der Waals surface area (Å²) < 4.78 is 42.6. The Morgan fingerprint density at radius 2 is 1.96 bits per heavy atom. The van der Waals surface area contributed by atoms with Crippen LogP contribution in [0.1, 0.15) is 16.8 Å². The summed E-state index contributed by atoms with van der Waals surface area (Å²) in [6, 6.07) is 6.05. The highest BCUT2D eigenvalue weighted by atomic mass is 127. The number of benzene rings is 2. The first-order chi connectivity index (χ1) is 12.9. The number of rotatable bonds is 7. The van der Waals surface area contributed by atoms with Gasteiger partial charge >= 0.3 is 0 Å². The molecule has 2 aromatic rings. The average molecular weight is 492 g/mol. The molecule has 0 aliphatic heterocycles. The van der Waals surface area contributed by atoms with Crippen LogP contribution in [0.15, 0.2) is 30.3 Å². The fourth-order valence-electron chi connectivity index (χ4n) is 2.59. The molecular formula is C18H16F3IN2O3. The SMILES string of the molecule is O=C(NOC[C@@H]1C[C@H]1CO)c1ccc(F)c(F)c1Nc1ccc(I)cc1F. The molecule has 1 aliphatic rings. The number of hydroxylamine groups is 1. The van der Waals surface area contributed by atoms with Gasteiger partial charge in [-0.05, 0) is 71.2 Å². The lowest BCUT2D eigenvalue weighted by Gasteiger charge is -2.14.